The van der Waals surface area contributed by atoms with Gasteiger partial charge in [-0.25, -0.2) is 9.78 Å². The van der Waals surface area contributed by atoms with Crippen LogP contribution in [-0.4, -0.2) is 58.5 Å². The molecule has 3 N–H and O–H groups in total. The van der Waals surface area contributed by atoms with E-state index in [2.05, 4.69) is 15.6 Å². The highest BCUT2D eigenvalue weighted by atomic mass is 16.5. The standard InChI is InChI=1S/C26H35N3O7/c1-15(2)24-17(4)8-9-22(32)27-10-6-7-16(3)11-19(30)12-20(31)13-23-29-21(14-35-23)25(33)28-18(5)26(34)36-24/h6-9,11,14-15,17-19,24,30H,10,12-13H2,1-5H3,(H,27,32)(H,28,33)/b7-6+,9-8-,16-11+/t17-,18-,19+,24+/m0/s1. The van der Waals surface area contributed by atoms with Gasteiger partial charge in [-0.1, -0.05) is 50.6 Å². The van der Waals surface area contributed by atoms with Crippen LogP contribution in [0.25, 0.3) is 0 Å². The molecule has 2 heterocycles. The van der Waals surface area contributed by atoms with Crippen LogP contribution >= 0.6 is 0 Å². The molecule has 0 spiro atoms. The monoisotopic (exact) mass is 501 g/mol. The van der Waals surface area contributed by atoms with Crippen LogP contribution in [0.3, 0.4) is 0 Å². The van der Waals surface area contributed by atoms with E-state index in [4.69, 9.17) is 9.15 Å². The lowest BCUT2D eigenvalue weighted by Gasteiger charge is -2.27. The van der Waals surface area contributed by atoms with Crippen LogP contribution in [0.15, 0.2) is 46.6 Å². The summed E-state index contributed by atoms with van der Waals surface area (Å²) in [6.07, 6.45) is 7.27. The highest BCUT2D eigenvalue weighted by Gasteiger charge is 2.28. The first kappa shape index (κ1) is 28.7. The number of rotatable bonds is 1. The van der Waals surface area contributed by atoms with Crippen molar-refractivity contribution in [2.45, 2.75) is 65.7 Å². The Labute approximate surface area is 210 Å². The predicted octanol–water partition coefficient (Wildman–Crippen LogP) is 2.05. The van der Waals surface area contributed by atoms with Gasteiger partial charge >= 0.3 is 5.97 Å². The molecule has 0 saturated heterocycles. The highest BCUT2D eigenvalue weighted by molar-refractivity contribution is 5.95. The van der Waals surface area contributed by atoms with E-state index in [1.807, 2.05) is 20.8 Å². The van der Waals surface area contributed by atoms with Crippen LogP contribution in [0, 0.1) is 11.8 Å². The number of cyclic esters (lactones) is 1. The molecule has 1 aromatic heterocycles. The van der Waals surface area contributed by atoms with Crippen LogP contribution in [-0.2, 0) is 25.5 Å². The summed E-state index contributed by atoms with van der Waals surface area (Å²) in [6.45, 7) is 9.15. The predicted molar refractivity (Wildman–Crippen MR) is 132 cm³/mol. The van der Waals surface area contributed by atoms with Gasteiger partial charge < -0.3 is 24.9 Å². The number of aliphatic hydroxyl groups excluding tert-OH is 1. The maximum absolute atomic E-state index is 12.7. The number of nitrogens with one attached hydrogen (secondary N) is 2. The van der Waals surface area contributed by atoms with E-state index < -0.39 is 30.1 Å². The van der Waals surface area contributed by atoms with Gasteiger partial charge in [-0.2, -0.15) is 0 Å². The molecule has 2 bridgehead atoms. The number of Topliss-reactive ketones (excluding diaryl/α,β-unsaturated/α-hetero) is 1. The molecule has 10 nitrogen and oxygen atoms in total. The summed E-state index contributed by atoms with van der Waals surface area (Å²) >= 11 is 0. The lowest BCUT2D eigenvalue weighted by molar-refractivity contribution is -0.155. The van der Waals surface area contributed by atoms with E-state index in [9.17, 15) is 24.3 Å². The van der Waals surface area contributed by atoms with Gasteiger partial charge in [0.1, 0.15) is 24.2 Å². The highest BCUT2D eigenvalue weighted by Crippen LogP contribution is 2.19. The fraction of sp³-hybridized carbons (Fsp3) is 0.500. The van der Waals surface area contributed by atoms with Crippen LogP contribution in [0.5, 0.6) is 0 Å². The zero-order chi connectivity index (χ0) is 26.8. The average molecular weight is 502 g/mol. The maximum atomic E-state index is 12.7. The third-order valence-electron chi connectivity index (χ3n) is 5.48. The van der Waals surface area contributed by atoms with E-state index >= 15 is 0 Å². The molecule has 0 unspecified atom stereocenters. The Morgan fingerprint density at radius 1 is 1.14 bits per heavy atom. The minimum absolute atomic E-state index is 0.0304. The Bertz CT molecular complexity index is 1040. The normalized spacial score (nSPS) is 28.9. The first-order chi connectivity index (χ1) is 17.0. The van der Waals surface area contributed by atoms with Gasteiger partial charge in [0.05, 0.1) is 12.5 Å². The van der Waals surface area contributed by atoms with E-state index in [1.54, 1.807) is 25.2 Å². The zero-order valence-electron chi connectivity index (χ0n) is 21.3. The molecule has 2 rings (SSSR count). The van der Waals surface area contributed by atoms with Crippen molar-refractivity contribution in [1.82, 2.24) is 15.6 Å². The molecule has 0 aliphatic carbocycles. The smallest absolute Gasteiger partial charge is 0.328 e. The number of hydrogen-bond donors (Lipinski definition) is 3. The zero-order valence-corrected chi connectivity index (χ0v) is 21.3. The second-order valence-corrected chi connectivity index (χ2v) is 9.23. The minimum Gasteiger partial charge on any atom is -0.460 e. The number of amides is 2. The van der Waals surface area contributed by atoms with Gasteiger partial charge in [-0.3, -0.25) is 14.4 Å². The van der Waals surface area contributed by atoms with Crippen molar-refractivity contribution < 1.29 is 33.4 Å². The number of aliphatic hydroxyl groups is 1. The van der Waals surface area contributed by atoms with Crippen molar-refractivity contribution in [3.63, 3.8) is 0 Å². The van der Waals surface area contributed by atoms with Crippen LogP contribution < -0.4 is 10.6 Å². The molecule has 0 fully saturated rings. The number of fused-ring (bicyclic) bond motifs is 2. The van der Waals surface area contributed by atoms with Gasteiger partial charge in [0.25, 0.3) is 5.91 Å². The number of oxazole rings is 1. The van der Waals surface area contributed by atoms with Gasteiger partial charge in [-0.15, -0.1) is 0 Å². The fourth-order valence-corrected chi connectivity index (χ4v) is 3.62. The fourth-order valence-electron chi connectivity index (χ4n) is 3.62. The molecule has 36 heavy (non-hydrogen) atoms. The number of allylic oxidation sites excluding steroid dienone is 2. The number of hydrogen-bond acceptors (Lipinski definition) is 8. The average Bonchev–Trinajstić information content (AvgIpc) is 3.25. The number of carbonyl (C=O) groups is 4. The summed E-state index contributed by atoms with van der Waals surface area (Å²) in [5.41, 5.74) is 0.637. The molecular weight excluding hydrogens is 466 g/mol. The Kier molecular flexibility index (Phi) is 10.8. The molecule has 4 atom stereocenters. The SMILES string of the molecule is CC1=C\[C@@H](O)CC(=O)Cc2nc(co2)C(=O)N[C@@H](C)C(=O)O[C@H](C(C)C)[C@@H](C)/C=C\C(=O)NC\C=C\1. The quantitative estimate of drug-likeness (QED) is 0.495. The van der Waals surface area contributed by atoms with E-state index in [0.717, 1.165) is 11.8 Å². The molecule has 10 heteroatoms. The Morgan fingerprint density at radius 2 is 1.86 bits per heavy atom. The van der Waals surface area contributed by atoms with Crippen LogP contribution in [0.1, 0.15) is 57.4 Å². The molecule has 1 aromatic rings. The Hall–Kier alpha value is -3.53. The van der Waals surface area contributed by atoms with Crippen LogP contribution in [0.2, 0.25) is 0 Å². The van der Waals surface area contributed by atoms with E-state index in [-0.39, 0.29) is 54.5 Å². The van der Waals surface area contributed by atoms with Gasteiger partial charge in [0.2, 0.25) is 11.8 Å². The number of aromatic nitrogens is 1. The van der Waals surface area contributed by atoms with Gasteiger partial charge in [-0.05, 0) is 25.8 Å². The number of ketones is 1. The molecule has 0 saturated carbocycles. The van der Waals surface area contributed by atoms with Crippen molar-refractivity contribution in [3.8, 4) is 0 Å². The molecule has 2 amide bonds. The summed E-state index contributed by atoms with van der Waals surface area (Å²) in [5, 5.41) is 15.4. The first-order valence-electron chi connectivity index (χ1n) is 11.9. The number of ether oxygens (including phenoxy) is 1. The summed E-state index contributed by atoms with van der Waals surface area (Å²) in [4.78, 5) is 53.7. The first-order valence-corrected chi connectivity index (χ1v) is 11.9. The maximum Gasteiger partial charge on any atom is 0.328 e. The van der Waals surface area contributed by atoms with Crippen molar-refractivity contribution in [1.29, 1.82) is 0 Å². The van der Waals surface area contributed by atoms with Crippen molar-refractivity contribution in [2.75, 3.05) is 6.54 Å². The number of nitrogens with zero attached hydrogens (tertiary/aromatic N) is 1. The lowest BCUT2D eigenvalue weighted by Crippen LogP contribution is -2.42. The summed E-state index contributed by atoms with van der Waals surface area (Å²) < 4.78 is 10.9. The second-order valence-electron chi connectivity index (χ2n) is 9.23. The lowest BCUT2D eigenvalue weighted by atomic mass is 9.94. The van der Waals surface area contributed by atoms with Crippen molar-refractivity contribution in [3.05, 3.63) is 53.8 Å². The van der Waals surface area contributed by atoms with E-state index in [0.29, 0.717) is 0 Å². The van der Waals surface area contributed by atoms with E-state index in [1.165, 1.54) is 19.1 Å². The van der Waals surface area contributed by atoms with Gasteiger partial charge in [0, 0.05) is 18.9 Å². The summed E-state index contributed by atoms with van der Waals surface area (Å²) in [5.74, 6) is -2.20. The molecule has 0 radical (unpaired) electrons. The second kappa shape index (κ2) is 13.5. The Balaban J connectivity index is 2.25. The van der Waals surface area contributed by atoms with Crippen LogP contribution in [0.4, 0.5) is 0 Å². The van der Waals surface area contributed by atoms with Gasteiger partial charge in [0.15, 0.2) is 5.69 Å². The molecule has 1 aliphatic heterocycles. The molecule has 1 aliphatic rings. The third kappa shape index (κ3) is 9.26. The molecule has 0 aromatic carbocycles. The summed E-state index contributed by atoms with van der Waals surface area (Å²) in [7, 11) is 0. The Morgan fingerprint density at radius 3 is 2.56 bits per heavy atom. The largest absolute Gasteiger partial charge is 0.460 e. The molecular formula is C26H35N3O7. The van der Waals surface area contributed by atoms with Crippen molar-refractivity contribution in [2.24, 2.45) is 11.8 Å². The topological polar surface area (TPSA) is 148 Å². The minimum atomic E-state index is -1.01. The third-order valence-corrected chi connectivity index (χ3v) is 5.48. The number of esters is 1. The number of carbonyl (C=O) groups excluding carboxylic acids is 4. The summed E-state index contributed by atoms with van der Waals surface area (Å²) in [6, 6.07) is -0.974. The molecule has 196 valence electrons. The van der Waals surface area contributed by atoms with Crippen molar-refractivity contribution >= 4 is 23.6 Å².